The molecule has 1 aliphatic rings. The van der Waals surface area contributed by atoms with Crippen LogP contribution in [-0.2, 0) is 4.74 Å². The molecule has 0 spiro atoms. The summed E-state index contributed by atoms with van der Waals surface area (Å²) in [6.45, 7) is 6.64. The number of hydrogen-bond donors (Lipinski definition) is 3. The van der Waals surface area contributed by atoms with Crippen molar-refractivity contribution < 1.29 is 19.4 Å². The van der Waals surface area contributed by atoms with Gasteiger partial charge in [-0.25, -0.2) is 4.79 Å². The van der Waals surface area contributed by atoms with Crippen LogP contribution in [0.4, 0.5) is 10.5 Å². The van der Waals surface area contributed by atoms with Gasteiger partial charge in [0.25, 0.3) is 5.91 Å². The number of amides is 2. The molecule has 1 unspecified atom stereocenters. The maximum atomic E-state index is 12.8. The van der Waals surface area contributed by atoms with Crippen LogP contribution in [0.25, 0.3) is 10.8 Å². The lowest BCUT2D eigenvalue weighted by molar-refractivity contribution is 0.0292. The Bertz CT molecular complexity index is 1130. The van der Waals surface area contributed by atoms with Crippen molar-refractivity contribution in [3.8, 4) is 5.75 Å². The highest BCUT2D eigenvalue weighted by Gasteiger charge is 2.31. The monoisotopic (exact) mass is 422 g/mol. The molecule has 0 saturated carbocycles. The lowest BCUT2D eigenvalue weighted by Crippen LogP contribution is -2.35. The van der Waals surface area contributed by atoms with Gasteiger partial charge in [-0.05, 0) is 45.4 Å². The fraction of sp³-hybridized carbons (Fsp3) is 0.348. The number of nitrogens with one attached hydrogen (secondary N) is 2. The van der Waals surface area contributed by atoms with Crippen LogP contribution < -0.4 is 5.32 Å². The van der Waals surface area contributed by atoms with Crippen molar-refractivity contribution in [2.75, 3.05) is 18.4 Å². The second-order valence-electron chi connectivity index (χ2n) is 8.75. The number of carbonyl (C=O) groups excluding carboxylic acids is 2. The van der Waals surface area contributed by atoms with Gasteiger partial charge in [-0.3, -0.25) is 9.89 Å². The van der Waals surface area contributed by atoms with Crippen LogP contribution >= 0.6 is 0 Å². The summed E-state index contributed by atoms with van der Waals surface area (Å²) in [6, 6.07) is 12.3. The van der Waals surface area contributed by atoms with E-state index in [9.17, 15) is 14.7 Å². The fourth-order valence-corrected chi connectivity index (χ4v) is 3.75. The number of ether oxygens (including phenoxy) is 1. The zero-order chi connectivity index (χ0) is 22.2. The average molecular weight is 422 g/mol. The molecule has 1 fully saturated rings. The van der Waals surface area contributed by atoms with Crippen LogP contribution in [-0.4, -0.2) is 50.9 Å². The number of hydrogen-bond acceptors (Lipinski definition) is 5. The van der Waals surface area contributed by atoms with E-state index in [0.717, 1.165) is 17.5 Å². The Kier molecular flexibility index (Phi) is 5.31. The summed E-state index contributed by atoms with van der Waals surface area (Å²) in [5.74, 6) is -0.122. The number of rotatable bonds is 3. The van der Waals surface area contributed by atoms with Crippen molar-refractivity contribution in [3.05, 3.63) is 53.9 Å². The normalized spacial score (nSPS) is 16.5. The number of aromatic amines is 1. The van der Waals surface area contributed by atoms with Gasteiger partial charge >= 0.3 is 6.09 Å². The number of benzene rings is 2. The summed E-state index contributed by atoms with van der Waals surface area (Å²) in [6.07, 6.45) is 0.442. The topological polar surface area (TPSA) is 108 Å². The van der Waals surface area contributed by atoms with Crippen molar-refractivity contribution >= 4 is 28.5 Å². The van der Waals surface area contributed by atoms with Crippen LogP contribution in [0.3, 0.4) is 0 Å². The Morgan fingerprint density at radius 3 is 2.68 bits per heavy atom. The van der Waals surface area contributed by atoms with Crippen molar-refractivity contribution in [2.45, 2.75) is 38.7 Å². The SMILES string of the molecule is CC(C)(C)OC(=O)N1CCC(c2cc(C(=O)Nc3ccc(O)c4ccccc34)n[nH]2)C1. The van der Waals surface area contributed by atoms with Gasteiger partial charge in [-0.1, -0.05) is 24.3 Å². The van der Waals surface area contributed by atoms with E-state index < -0.39 is 5.60 Å². The van der Waals surface area contributed by atoms with Gasteiger partial charge in [0.1, 0.15) is 11.4 Å². The lowest BCUT2D eigenvalue weighted by Gasteiger charge is -2.24. The largest absolute Gasteiger partial charge is 0.507 e. The molecule has 1 aromatic heterocycles. The number of aromatic hydroxyl groups is 1. The Morgan fingerprint density at radius 1 is 1.19 bits per heavy atom. The van der Waals surface area contributed by atoms with E-state index in [4.69, 9.17) is 4.74 Å². The van der Waals surface area contributed by atoms with Crippen LogP contribution in [0.1, 0.15) is 49.3 Å². The molecule has 1 saturated heterocycles. The predicted molar refractivity (Wildman–Crippen MR) is 117 cm³/mol. The summed E-state index contributed by atoms with van der Waals surface area (Å²) in [7, 11) is 0. The van der Waals surface area contributed by atoms with Crippen LogP contribution in [0, 0.1) is 0 Å². The Labute approximate surface area is 180 Å². The highest BCUT2D eigenvalue weighted by molar-refractivity contribution is 6.09. The van der Waals surface area contributed by atoms with Crippen LogP contribution in [0.15, 0.2) is 42.5 Å². The third-order valence-corrected chi connectivity index (χ3v) is 5.26. The Balaban J connectivity index is 1.44. The van der Waals surface area contributed by atoms with E-state index in [-0.39, 0.29) is 29.4 Å². The van der Waals surface area contributed by atoms with Gasteiger partial charge < -0.3 is 20.1 Å². The van der Waals surface area contributed by atoms with Gasteiger partial charge in [-0.2, -0.15) is 5.10 Å². The summed E-state index contributed by atoms with van der Waals surface area (Å²) in [5.41, 5.74) is 1.14. The molecule has 1 aliphatic heterocycles. The zero-order valence-electron chi connectivity index (χ0n) is 17.8. The molecule has 2 amide bonds. The molecule has 162 valence electrons. The maximum Gasteiger partial charge on any atom is 0.410 e. The standard InChI is InChI=1S/C23H26N4O4/c1-23(2,3)31-22(30)27-11-10-14(13-27)18-12-19(26-25-18)21(29)24-17-8-9-20(28)16-7-5-4-6-15(16)17/h4-9,12,14,28H,10-11,13H2,1-3H3,(H,24,29)(H,25,26). The lowest BCUT2D eigenvalue weighted by atomic mass is 10.0. The summed E-state index contributed by atoms with van der Waals surface area (Å²) in [5, 5.41) is 21.4. The molecule has 31 heavy (non-hydrogen) atoms. The van der Waals surface area contributed by atoms with Gasteiger partial charge in [0.2, 0.25) is 0 Å². The van der Waals surface area contributed by atoms with Gasteiger partial charge in [-0.15, -0.1) is 0 Å². The number of anilines is 1. The molecule has 2 heterocycles. The molecule has 3 N–H and O–H groups in total. The predicted octanol–water partition coefficient (Wildman–Crippen LogP) is 4.25. The first-order valence-corrected chi connectivity index (χ1v) is 10.3. The van der Waals surface area contributed by atoms with Crippen molar-refractivity contribution in [2.24, 2.45) is 0 Å². The third kappa shape index (κ3) is 4.47. The van der Waals surface area contributed by atoms with Crippen molar-refractivity contribution in [1.29, 1.82) is 0 Å². The third-order valence-electron chi connectivity index (χ3n) is 5.26. The smallest absolute Gasteiger partial charge is 0.410 e. The molecule has 0 bridgehead atoms. The average Bonchev–Trinajstić information content (AvgIpc) is 3.38. The number of H-pyrrole nitrogens is 1. The molecule has 2 aromatic carbocycles. The molecular formula is C23H26N4O4. The van der Waals surface area contributed by atoms with Gasteiger partial charge in [0, 0.05) is 41.2 Å². The Hall–Kier alpha value is -3.55. The molecule has 0 radical (unpaired) electrons. The number of likely N-dealkylation sites (tertiary alicyclic amines) is 1. The number of phenolic OH excluding ortho intramolecular Hbond substituents is 1. The number of aromatic nitrogens is 2. The van der Waals surface area contributed by atoms with Gasteiger partial charge in [0.15, 0.2) is 5.69 Å². The Morgan fingerprint density at radius 2 is 1.94 bits per heavy atom. The molecule has 0 aliphatic carbocycles. The van der Waals surface area contributed by atoms with Crippen molar-refractivity contribution in [3.63, 3.8) is 0 Å². The van der Waals surface area contributed by atoms with Crippen LogP contribution in [0.5, 0.6) is 5.75 Å². The minimum atomic E-state index is -0.535. The molecule has 4 rings (SSSR count). The number of carbonyl (C=O) groups is 2. The minimum Gasteiger partial charge on any atom is -0.507 e. The summed E-state index contributed by atoms with van der Waals surface area (Å²) in [4.78, 5) is 26.7. The van der Waals surface area contributed by atoms with E-state index in [1.54, 1.807) is 29.2 Å². The molecule has 8 nitrogen and oxygen atoms in total. The van der Waals surface area contributed by atoms with Crippen LogP contribution in [0.2, 0.25) is 0 Å². The highest BCUT2D eigenvalue weighted by Crippen LogP contribution is 2.31. The highest BCUT2D eigenvalue weighted by atomic mass is 16.6. The van der Waals surface area contributed by atoms with E-state index >= 15 is 0 Å². The molecule has 8 heteroatoms. The number of fused-ring (bicyclic) bond motifs is 1. The zero-order valence-corrected chi connectivity index (χ0v) is 17.8. The van der Waals surface area contributed by atoms with E-state index in [1.807, 2.05) is 39.0 Å². The molecular weight excluding hydrogens is 396 g/mol. The summed E-state index contributed by atoms with van der Waals surface area (Å²) < 4.78 is 5.44. The molecule has 1 atom stereocenters. The first-order chi connectivity index (χ1) is 14.7. The number of nitrogens with zero attached hydrogens (tertiary/aromatic N) is 2. The minimum absolute atomic E-state index is 0.0658. The second-order valence-corrected chi connectivity index (χ2v) is 8.75. The summed E-state index contributed by atoms with van der Waals surface area (Å²) >= 11 is 0. The number of phenols is 1. The first kappa shape index (κ1) is 20.7. The maximum absolute atomic E-state index is 12.8. The second kappa shape index (κ2) is 7.94. The first-order valence-electron chi connectivity index (χ1n) is 10.3. The van der Waals surface area contributed by atoms with Crippen molar-refractivity contribution in [1.82, 2.24) is 15.1 Å². The van der Waals surface area contributed by atoms with E-state index in [1.165, 1.54) is 0 Å². The molecule has 3 aromatic rings. The fourth-order valence-electron chi connectivity index (χ4n) is 3.75. The quantitative estimate of drug-likeness (QED) is 0.547. The van der Waals surface area contributed by atoms with Gasteiger partial charge in [0.05, 0.1) is 0 Å². The van der Waals surface area contributed by atoms with E-state index in [2.05, 4.69) is 15.5 Å². The van der Waals surface area contributed by atoms with E-state index in [0.29, 0.717) is 24.2 Å².